The first-order valence-electron chi connectivity index (χ1n) is 8.04. The molecular formula is C18H16N4O3S. The number of aromatic nitrogens is 2. The molecule has 1 aliphatic heterocycles. The molecule has 3 heterocycles. The SMILES string of the molecule is Cc1ccc([C@]2(C)NC(=O)N(Cc3nc(-c4ccsc4)no3)C2=O)cc1. The molecule has 26 heavy (non-hydrogen) atoms. The maximum absolute atomic E-state index is 12.9. The van der Waals surface area contributed by atoms with Crippen molar-refractivity contribution in [2.45, 2.75) is 25.9 Å². The van der Waals surface area contributed by atoms with Gasteiger partial charge in [0.25, 0.3) is 5.91 Å². The molecule has 2 aromatic heterocycles. The molecule has 3 amide bonds. The molecule has 8 heteroatoms. The molecule has 1 aromatic carbocycles. The van der Waals surface area contributed by atoms with E-state index in [0.717, 1.165) is 21.6 Å². The summed E-state index contributed by atoms with van der Waals surface area (Å²) in [5, 5.41) is 10.5. The van der Waals surface area contributed by atoms with Gasteiger partial charge in [-0.2, -0.15) is 16.3 Å². The van der Waals surface area contributed by atoms with Crippen LogP contribution in [0, 0.1) is 6.92 Å². The van der Waals surface area contributed by atoms with Crippen LogP contribution in [0.25, 0.3) is 11.4 Å². The van der Waals surface area contributed by atoms with Crippen LogP contribution in [-0.2, 0) is 16.9 Å². The second kappa shape index (κ2) is 6.06. The highest BCUT2D eigenvalue weighted by Crippen LogP contribution is 2.30. The fraction of sp³-hybridized carbons (Fsp3) is 0.222. The van der Waals surface area contributed by atoms with E-state index in [1.807, 2.05) is 48.0 Å². The van der Waals surface area contributed by atoms with Gasteiger partial charge >= 0.3 is 6.03 Å². The second-order valence-electron chi connectivity index (χ2n) is 6.34. The molecule has 7 nitrogen and oxygen atoms in total. The number of aryl methyl sites for hydroxylation is 1. The molecule has 4 rings (SSSR count). The molecule has 132 valence electrons. The van der Waals surface area contributed by atoms with Gasteiger partial charge in [0.1, 0.15) is 12.1 Å². The van der Waals surface area contributed by atoms with Gasteiger partial charge < -0.3 is 9.84 Å². The van der Waals surface area contributed by atoms with E-state index in [-0.39, 0.29) is 18.3 Å². The van der Waals surface area contributed by atoms with Crippen LogP contribution in [0.4, 0.5) is 4.79 Å². The van der Waals surface area contributed by atoms with Crippen LogP contribution >= 0.6 is 11.3 Å². The van der Waals surface area contributed by atoms with E-state index in [1.165, 1.54) is 11.3 Å². The van der Waals surface area contributed by atoms with E-state index in [1.54, 1.807) is 6.92 Å². The van der Waals surface area contributed by atoms with E-state index in [9.17, 15) is 9.59 Å². The second-order valence-corrected chi connectivity index (χ2v) is 7.12. The maximum Gasteiger partial charge on any atom is 0.325 e. The summed E-state index contributed by atoms with van der Waals surface area (Å²) < 4.78 is 5.21. The van der Waals surface area contributed by atoms with Crippen LogP contribution in [0.15, 0.2) is 45.6 Å². The minimum absolute atomic E-state index is 0.0662. The lowest BCUT2D eigenvalue weighted by Crippen LogP contribution is -2.40. The number of nitrogens with zero attached hydrogens (tertiary/aromatic N) is 3. The Balaban J connectivity index is 1.57. The Bertz CT molecular complexity index is 965. The molecule has 0 bridgehead atoms. The van der Waals surface area contributed by atoms with Crippen molar-refractivity contribution in [3.8, 4) is 11.4 Å². The van der Waals surface area contributed by atoms with Crippen LogP contribution in [0.1, 0.15) is 23.9 Å². The van der Waals surface area contributed by atoms with Gasteiger partial charge in [0, 0.05) is 10.9 Å². The van der Waals surface area contributed by atoms with Crippen molar-refractivity contribution in [1.29, 1.82) is 0 Å². The van der Waals surface area contributed by atoms with Crippen molar-refractivity contribution in [3.63, 3.8) is 0 Å². The number of carbonyl (C=O) groups is 2. The van der Waals surface area contributed by atoms with Crippen LogP contribution in [0.3, 0.4) is 0 Å². The molecule has 1 N–H and O–H groups in total. The van der Waals surface area contributed by atoms with Crippen LogP contribution in [-0.4, -0.2) is 27.0 Å². The van der Waals surface area contributed by atoms with Gasteiger partial charge in [0.05, 0.1) is 0 Å². The van der Waals surface area contributed by atoms with Gasteiger partial charge in [-0.15, -0.1) is 0 Å². The largest absolute Gasteiger partial charge is 0.337 e. The molecule has 1 atom stereocenters. The van der Waals surface area contributed by atoms with E-state index in [0.29, 0.717) is 5.82 Å². The third-order valence-electron chi connectivity index (χ3n) is 4.44. The number of urea groups is 1. The third-order valence-corrected chi connectivity index (χ3v) is 5.13. The summed E-state index contributed by atoms with van der Waals surface area (Å²) >= 11 is 1.53. The number of rotatable bonds is 4. The van der Waals surface area contributed by atoms with Crippen molar-refractivity contribution in [3.05, 3.63) is 58.1 Å². The summed E-state index contributed by atoms with van der Waals surface area (Å²) in [7, 11) is 0. The molecule has 1 saturated heterocycles. The molecule has 0 radical (unpaired) electrons. The third kappa shape index (κ3) is 2.68. The maximum atomic E-state index is 12.9. The van der Waals surface area contributed by atoms with Gasteiger partial charge in [-0.25, -0.2) is 4.79 Å². The van der Waals surface area contributed by atoms with Crippen molar-refractivity contribution in [1.82, 2.24) is 20.4 Å². The Morgan fingerprint density at radius 3 is 2.69 bits per heavy atom. The molecule has 0 unspecified atom stereocenters. The molecule has 1 fully saturated rings. The number of hydrogen-bond acceptors (Lipinski definition) is 6. The van der Waals surface area contributed by atoms with Crippen molar-refractivity contribution < 1.29 is 14.1 Å². The first-order chi connectivity index (χ1) is 12.5. The Morgan fingerprint density at radius 2 is 2.00 bits per heavy atom. The lowest BCUT2D eigenvalue weighted by molar-refractivity contribution is -0.131. The topological polar surface area (TPSA) is 88.3 Å². The van der Waals surface area contributed by atoms with Gasteiger partial charge in [0.15, 0.2) is 0 Å². The molecule has 0 saturated carbocycles. The molecular weight excluding hydrogens is 352 g/mol. The van der Waals surface area contributed by atoms with Crippen LogP contribution < -0.4 is 5.32 Å². The Hall–Kier alpha value is -3.00. The highest BCUT2D eigenvalue weighted by atomic mass is 32.1. The Labute approximate surface area is 153 Å². The van der Waals surface area contributed by atoms with E-state index >= 15 is 0 Å². The van der Waals surface area contributed by atoms with Gasteiger partial charge in [-0.3, -0.25) is 9.69 Å². The first kappa shape index (κ1) is 16.5. The number of benzene rings is 1. The molecule has 1 aliphatic rings. The zero-order valence-corrected chi connectivity index (χ0v) is 15.0. The zero-order valence-electron chi connectivity index (χ0n) is 14.2. The van der Waals surface area contributed by atoms with Gasteiger partial charge in [0.2, 0.25) is 11.7 Å². The normalized spacial score (nSPS) is 19.8. The zero-order chi connectivity index (χ0) is 18.3. The summed E-state index contributed by atoms with van der Waals surface area (Å²) in [6, 6.07) is 8.91. The summed E-state index contributed by atoms with van der Waals surface area (Å²) in [6.45, 7) is 3.60. The van der Waals surface area contributed by atoms with Gasteiger partial charge in [-0.05, 0) is 30.9 Å². The summed E-state index contributed by atoms with van der Waals surface area (Å²) in [4.78, 5) is 30.7. The smallest absolute Gasteiger partial charge is 0.325 e. The molecule has 0 aliphatic carbocycles. The fourth-order valence-corrected chi connectivity index (χ4v) is 3.52. The Morgan fingerprint density at radius 1 is 1.23 bits per heavy atom. The molecule has 0 spiro atoms. The highest BCUT2D eigenvalue weighted by molar-refractivity contribution is 7.08. The van der Waals surface area contributed by atoms with E-state index in [2.05, 4.69) is 15.5 Å². The average molecular weight is 368 g/mol. The quantitative estimate of drug-likeness (QED) is 0.715. The number of hydrogen-bond donors (Lipinski definition) is 1. The van der Waals surface area contributed by atoms with Crippen molar-refractivity contribution in [2.75, 3.05) is 0 Å². The summed E-state index contributed by atoms with van der Waals surface area (Å²) in [5.41, 5.74) is 1.54. The summed E-state index contributed by atoms with van der Waals surface area (Å²) in [6.07, 6.45) is 0. The Kier molecular flexibility index (Phi) is 3.84. The minimum Gasteiger partial charge on any atom is -0.337 e. The first-order valence-corrected chi connectivity index (χ1v) is 8.98. The average Bonchev–Trinajstić information content (AvgIpc) is 3.34. The number of imide groups is 1. The number of amides is 3. The van der Waals surface area contributed by atoms with E-state index in [4.69, 9.17) is 4.52 Å². The van der Waals surface area contributed by atoms with Gasteiger partial charge in [-0.1, -0.05) is 35.0 Å². The monoisotopic (exact) mass is 368 g/mol. The van der Waals surface area contributed by atoms with Crippen LogP contribution in [0.5, 0.6) is 0 Å². The minimum atomic E-state index is -1.11. The predicted octanol–water partition coefficient (Wildman–Crippen LogP) is 3.07. The number of nitrogens with one attached hydrogen (secondary N) is 1. The predicted molar refractivity (Wildman–Crippen MR) is 95.2 cm³/mol. The summed E-state index contributed by atoms with van der Waals surface area (Å²) in [5.74, 6) is 0.305. The highest BCUT2D eigenvalue weighted by Gasteiger charge is 2.49. The van der Waals surface area contributed by atoms with E-state index < -0.39 is 11.6 Å². The number of carbonyl (C=O) groups excluding carboxylic acids is 2. The lowest BCUT2D eigenvalue weighted by Gasteiger charge is -2.22. The van der Waals surface area contributed by atoms with Crippen molar-refractivity contribution >= 4 is 23.3 Å². The fourth-order valence-electron chi connectivity index (χ4n) is 2.89. The number of thiophene rings is 1. The van der Waals surface area contributed by atoms with Crippen molar-refractivity contribution in [2.24, 2.45) is 0 Å². The molecule has 3 aromatic rings. The lowest BCUT2D eigenvalue weighted by atomic mass is 9.91. The standard InChI is InChI=1S/C18H16N4O3S/c1-11-3-5-13(6-4-11)18(2)16(23)22(17(24)20-18)9-14-19-15(21-25-14)12-7-8-26-10-12/h3-8,10H,9H2,1-2H3,(H,20,24)/t18-/m0/s1. The van der Waals surface area contributed by atoms with Crippen LogP contribution in [0.2, 0.25) is 0 Å².